The van der Waals surface area contributed by atoms with Crippen LogP contribution in [0.5, 0.6) is 17.4 Å². The van der Waals surface area contributed by atoms with Crippen molar-refractivity contribution >= 4 is 11.9 Å². The molecule has 0 amide bonds. The van der Waals surface area contributed by atoms with Crippen molar-refractivity contribution in [3.63, 3.8) is 0 Å². The van der Waals surface area contributed by atoms with Gasteiger partial charge in [0.15, 0.2) is 0 Å². The summed E-state index contributed by atoms with van der Waals surface area (Å²) in [7, 11) is 0. The zero-order valence-electron chi connectivity index (χ0n) is 19.0. The molecule has 0 unspecified atom stereocenters. The van der Waals surface area contributed by atoms with Crippen LogP contribution in [-0.4, -0.2) is 53.6 Å². The van der Waals surface area contributed by atoms with Gasteiger partial charge in [-0.15, -0.1) is 0 Å². The third-order valence-electron chi connectivity index (χ3n) is 5.75. The van der Waals surface area contributed by atoms with Gasteiger partial charge in [-0.25, -0.2) is 0 Å². The molecule has 8 heteroatoms. The summed E-state index contributed by atoms with van der Waals surface area (Å²) < 4.78 is 12.4. The number of aromatic nitrogens is 1. The van der Waals surface area contributed by atoms with Crippen molar-refractivity contribution in [3.8, 4) is 23.4 Å². The van der Waals surface area contributed by atoms with Crippen molar-refractivity contribution in [2.75, 3.05) is 32.8 Å². The lowest BCUT2D eigenvalue weighted by atomic mass is 10.1. The van der Waals surface area contributed by atoms with Crippen LogP contribution in [0.2, 0.25) is 0 Å². The molecule has 8 nitrogen and oxygen atoms in total. The number of nitrogens with zero attached hydrogens (tertiary/aromatic N) is 4. The Balaban J connectivity index is 1.55. The highest BCUT2D eigenvalue weighted by Crippen LogP contribution is 2.25. The van der Waals surface area contributed by atoms with Crippen LogP contribution in [0.3, 0.4) is 0 Å². The number of nitriles is 1. The second-order valence-electron chi connectivity index (χ2n) is 7.93. The molecule has 1 saturated heterocycles. The molecular formula is C26H26N4O4. The van der Waals surface area contributed by atoms with Crippen LogP contribution in [0.25, 0.3) is 0 Å². The molecule has 0 bridgehead atoms. The van der Waals surface area contributed by atoms with Crippen LogP contribution >= 0.6 is 0 Å². The van der Waals surface area contributed by atoms with Gasteiger partial charge >= 0.3 is 0 Å². The molecule has 0 radical (unpaired) electrons. The first-order valence-electron chi connectivity index (χ1n) is 11.1. The van der Waals surface area contributed by atoms with Crippen molar-refractivity contribution in [2.24, 2.45) is 4.99 Å². The lowest BCUT2D eigenvalue weighted by molar-refractivity contribution is 0.0360. The van der Waals surface area contributed by atoms with Gasteiger partial charge in [0.1, 0.15) is 23.1 Å². The number of benzene rings is 2. The fraction of sp³-hybridized carbons (Fsp3) is 0.269. The lowest BCUT2D eigenvalue weighted by Crippen LogP contribution is -2.39. The van der Waals surface area contributed by atoms with Gasteiger partial charge in [-0.2, -0.15) is 5.26 Å². The van der Waals surface area contributed by atoms with Crippen LogP contribution in [-0.2, 0) is 11.3 Å². The van der Waals surface area contributed by atoms with Crippen molar-refractivity contribution < 1.29 is 14.6 Å². The minimum atomic E-state index is -0.495. The first-order valence-corrected chi connectivity index (χ1v) is 11.1. The van der Waals surface area contributed by atoms with Crippen molar-refractivity contribution in [3.05, 3.63) is 81.6 Å². The molecule has 1 aromatic heterocycles. The van der Waals surface area contributed by atoms with E-state index in [9.17, 15) is 15.2 Å². The zero-order chi connectivity index (χ0) is 23.9. The SMILES string of the molecule is Cc1c(C=Nc2ccc(Oc3ccccc3)cc2)c(O)n(CCN2CCOCC2)c(=O)c1C#N. The molecule has 1 N–H and O–H groups in total. The number of ether oxygens (including phenoxy) is 2. The molecule has 174 valence electrons. The summed E-state index contributed by atoms with van der Waals surface area (Å²) in [5.74, 6) is 1.22. The van der Waals surface area contributed by atoms with Crippen molar-refractivity contribution in [2.45, 2.75) is 13.5 Å². The van der Waals surface area contributed by atoms with Gasteiger partial charge in [0.05, 0.1) is 24.5 Å². The maximum atomic E-state index is 12.8. The van der Waals surface area contributed by atoms with E-state index in [2.05, 4.69) is 9.89 Å². The van der Waals surface area contributed by atoms with E-state index >= 15 is 0 Å². The van der Waals surface area contributed by atoms with E-state index in [-0.39, 0.29) is 18.0 Å². The third-order valence-corrected chi connectivity index (χ3v) is 5.75. The number of aliphatic imine (C=N–C) groups is 1. The van der Waals surface area contributed by atoms with Gasteiger partial charge in [0.25, 0.3) is 5.56 Å². The van der Waals surface area contributed by atoms with E-state index in [0.29, 0.717) is 42.3 Å². The van der Waals surface area contributed by atoms with Crippen LogP contribution in [0, 0.1) is 18.3 Å². The summed E-state index contributed by atoms with van der Waals surface area (Å²) in [5, 5.41) is 20.4. The number of morpholine rings is 1. The highest BCUT2D eigenvalue weighted by atomic mass is 16.5. The Morgan fingerprint density at radius 2 is 1.76 bits per heavy atom. The fourth-order valence-electron chi connectivity index (χ4n) is 3.76. The Labute approximate surface area is 197 Å². The van der Waals surface area contributed by atoms with E-state index in [1.807, 2.05) is 36.4 Å². The molecule has 0 atom stereocenters. The molecule has 1 fully saturated rings. The zero-order valence-corrected chi connectivity index (χ0v) is 19.0. The first-order chi connectivity index (χ1) is 16.6. The van der Waals surface area contributed by atoms with Crippen molar-refractivity contribution in [1.29, 1.82) is 5.26 Å². The second kappa shape index (κ2) is 10.8. The lowest BCUT2D eigenvalue weighted by Gasteiger charge is -2.27. The smallest absolute Gasteiger partial charge is 0.271 e. The normalized spacial score (nSPS) is 14.2. The molecule has 1 aliphatic rings. The predicted octanol–water partition coefficient (Wildman–Crippen LogP) is 3.61. The Kier molecular flexibility index (Phi) is 7.38. The maximum absolute atomic E-state index is 12.8. The quantitative estimate of drug-likeness (QED) is 0.543. The Morgan fingerprint density at radius 3 is 2.44 bits per heavy atom. The number of aromatic hydroxyl groups is 1. The minimum Gasteiger partial charge on any atom is -0.494 e. The standard InChI is InChI=1S/C26H26N4O4/c1-19-23(17-27)25(31)30(12-11-29-13-15-33-16-14-29)26(32)24(19)18-28-20-7-9-22(10-8-20)34-21-5-3-2-4-6-21/h2-10,18,32H,11-16H2,1H3. The van der Waals surface area contributed by atoms with E-state index < -0.39 is 5.56 Å². The Morgan fingerprint density at radius 1 is 1.09 bits per heavy atom. The average molecular weight is 459 g/mol. The number of hydrogen-bond donors (Lipinski definition) is 1. The molecule has 3 aromatic rings. The Hall–Kier alpha value is -3.93. The molecule has 2 heterocycles. The van der Waals surface area contributed by atoms with Gasteiger partial charge in [-0.1, -0.05) is 18.2 Å². The maximum Gasteiger partial charge on any atom is 0.271 e. The van der Waals surface area contributed by atoms with E-state index in [1.165, 1.54) is 10.8 Å². The molecule has 1 aliphatic heterocycles. The third kappa shape index (κ3) is 5.34. The van der Waals surface area contributed by atoms with Gasteiger partial charge in [0.2, 0.25) is 5.88 Å². The second-order valence-corrected chi connectivity index (χ2v) is 7.93. The fourth-order valence-corrected chi connectivity index (χ4v) is 3.76. The van der Waals surface area contributed by atoms with Gasteiger partial charge in [-0.3, -0.25) is 19.3 Å². The molecule has 0 saturated carbocycles. The van der Waals surface area contributed by atoms with E-state index in [0.717, 1.165) is 18.8 Å². The summed E-state index contributed by atoms with van der Waals surface area (Å²) >= 11 is 0. The molecule has 0 aliphatic carbocycles. The number of para-hydroxylation sites is 1. The Bertz CT molecular complexity index is 1260. The minimum absolute atomic E-state index is 0.00726. The summed E-state index contributed by atoms with van der Waals surface area (Å²) in [6, 6.07) is 18.6. The van der Waals surface area contributed by atoms with Gasteiger partial charge < -0.3 is 14.6 Å². The van der Waals surface area contributed by atoms with E-state index in [1.54, 1.807) is 31.2 Å². The number of rotatable bonds is 7. The van der Waals surface area contributed by atoms with E-state index in [4.69, 9.17) is 9.47 Å². The summed E-state index contributed by atoms with van der Waals surface area (Å²) in [4.78, 5) is 19.4. The predicted molar refractivity (Wildman–Crippen MR) is 129 cm³/mol. The monoisotopic (exact) mass is 458 g/mol. The largest absolute Gasteiger partial charge is 0.494 e. The van der Waals surface area contributed by atoms with Crippen molar-refractivity contribution in [1.82, 2.24) is 9.47 Å². The molecular weight excluding hydrogens is 432 g/mol. The summed E-state index contributed by atoms with van der Waals surface area (Å²) in [6.07, 6.45) is 1.49. The van der Waals surface area contributed by atoms with Crippen LogP contribution in [0.15, 0.2) is 64.4 Å². The summed E-state index contributed by atoms with van der Waals surface area (Å²) in [5.41, 5.74) is 0.907. The summed E-state index contributed by atoms with van der Waals surface area (Å²) in [6.45, 7) is 5.31. The first kappa shape index (κ1) is 23.2. The van der Waals surface area contributed by atoms with Crippen LogP contribution in [0.1, 0.15) is 16.7 Å². The molecule has 4 rings (SSSR count). The number of pyridine rings is 1. The molecule has 34 heavy (non-hydrogen) atoms. The number of hydrogen-bond acceptors (Lipinski definition) is 7. The molecule has 2 aromatic carbocycles. The van der Waals surface area contributed by atoms with Crippen LogP contribution < -0.4 is 10.3 Å². The van der Waals surface area contributed by atoms with Gasteiger partial charge in [0, 0.05) is 32.4 Å². The highest BCUT2D eigenvalue weighted by Gasteiger charge is 2.19. The highest BCUT2D eigenvalue weighted by molar-refractivity contribution is 5.87. The topological polar surface area (TPSA) is 100 Å². The molecule has 0 spiro atoms. The van der Waals surface area contributed by atoms with Gasteiger partial charge in [-0.05, 0) is 48.9 Å². The van der Waals surface area contributed by atoms with Crippen LogP contribution in [0.4, 0.5) is 5.69 Å². The average Bonchev–Trinajstić information content (AvgIpc) is 2.86.